The topological polar surface area (TPSA) is 103 Å². The highest BCUT2D eigenvalue weighted by Crippen LogP contribution is 2.19. The van der Waals surface area contributed by atoms with E-state index >= 15 is 0 Å². The van der Waals surface area contributed by atoms with Crippen LogP contribution in [0.1, 0.15) is 19.7 Å². The van der Waals surface area contributed by atoms with Crippen molar-refractivity contribution in [2.24, 2.45) is 0 Å². The number of carbonyl (C=O) groups excluding carboxylic acids is 1. The van der Waals surface area contributed by atoms with E-state index in [1.807, 2.05) is 19.1 Å². The number of anilines is 1. The normalized spacial score (nSPS) is 11.2. The van der Waals surface area contributed by atoms with Gasteiger partial charge in [-0.1, -0.05) is 12.1 Å². The number of aliphatic hydroxyl groups is 1. The number of aryl methyl sites for hydroxylation is 1. The van der Waals surface area contributed by atoms with Crippen molar-refractivity contribution in [3.8, 4) is 11.4 Å². The van der Waals surface area contributed by atoms with Crippen LogP contribution in [0.5, 0.6) is 0 Å². The summed E-state index contributed by atoms with van der Waals surface area (Å²) in [5.41, 5.74) is 0.752. The number of rotatable bonds is 4. The number of nitrogens with one attached hydrogen (secondary N) is 3. The van der Waals surface area contributed by atoms with Crippen LogP contribution in [-0.2, 0) is 0 Å². The molecule has 0 unspecified atom stereocenters. The van der Waals surface area contributed by atoms with Gasteiger partial charge in [0.25, 0.3) is 0 Å². The summed E-state index contributed by atoms with van der Waals surface area (Å²) in [6.45, 7) is 5.15. The quantitative estimate of drug-likeness (QED) is 0.687. The maximum atomic E-state index is 11.9. The van der Waals surface area contributed by atoms with Crippen molar-refractivity contribution in [1.82, 2.24) is 20.5 Å². The van der Waals surface area contributed by atoms with Gasteiger partial charge in [0.15, 0.2) is 5.82 Å². The molecule has 0 aliphatic rings. The Labute approximate surface area is 122 Å². The Balaban J connectivity index is 2.10. The Morgan fingerprint density at radius 2 is 2.19 bits per heavy atom. The van der Waals surface area contributed by atoms with E-state index < -0.39 is 5.54 Å². The first-order valence-electron chi connectivity index (χ1n) is 6.59. The number of hydrogen-bond acceptors (Lipinski definition) is 4. The standard InChI is InChI=1S/C14H19N5O2/c1-9-15-12(19-18-9)10-5-4-6-11(7-10)16-13(21)17-14(2,3)8-20/h4-7,20H,8H2,1-3H3,(H,15,18,19)(H2,16,17,21). The number of carbonyl (C=O) groups is 1. The molecule has 7 nitrogen and oxygen atoms in total. The SMILES string of the molecule is Cc1nc(-c2cccc(NC(=O)NC(C)(C)CO)c2)n[nH]1. The molecule has 0 bridgehead atoms. The zero-order valence-corrected chi connectivity index (χ0v) is 12.3. The molecule has 2 aromatic rings. The van der Waals surface area contributed by atoms with E-state index in [0.29, 0.717) is 11.5 Å². The molecule has 0 aliphatic carbocycles. The number of hydrogen-bond donors (Lipinski definition) is 4. The van der Waals surface area contributed by atoms with Gasteiger partial charge in [-0.2, -0.15) is 5.10 Å². The smallest absolute Gasteiger partial charge is 0.319 e. The van der Waals surface area contributed by atoms with Crippen LogP contribution in [0, 0.1) is 6.92 Å². The van der Waals surface area contributed by atoms with Gasteiger partial charge < -0.3 is 15.7 Å². The van der Waals surface area contributed by atoms with E-state index in [1.165, 1.54) is 0 Å². The van der Waals surface area contributed by atoms with Crippen molar-refractivity contribution in [3.63, 3.8) is 0 Å². The summed E-state index contributed by atoms with van der Waals surface area (Å²) in [5.74, 6) is 1.30. The fourth-order valence-corrected chi connectivity index (χ4v) is 1.72. The minimum absolute atomic E-state index is 0.142. The molecule has 1 aromatic heterocycles. The second-order valence-corrected chi connectivity index (χ2v) is 5.45. The number of nitrogens with zero attached hydrogens (tertiary/aromatic N) is 2. The lowest BCUT2D eigenvalue weighted by Crippen LogP contribution is -2.48. The Morgan fingerprint density at radius 3 is 2.81 bits per heavy atom. The summed E-state index contributed by atoms with van der Waals surface area (Å²) in [6.07, 6.45) is 0. The lowest BCUT2D eigenvalue weighted by atomic mass is 10.1. The Morgan fingerprint density at radius 1 is 1.43 bits per heavy atom. The van der Waals surface area contributed by atoms with Gasteiger partial charge in [0.1, 0.15) is 5.82 Å². The third-order valence-electron chi connectivity index (χ3n) is 2.82. The molecule has 0 radical (unpaired) electrons. The summed E-state index contributed by atoms with van der Waals surface area (Å²) in [5, 5.41) is 21.4. The molecule has 0 saturated carbocycles. The summed E-state index contributed by atoms with van der Waals surface area (Å²) in [4.78, 5) is 16.1. The molecular weight excluding hydrogens is 270 g/mol. The molecule has 2 amide bonds. The van der Waals surface area contributed by atoms with Crippen molar-refractivity contribution < 1.29 is 9.90 Å². The van der Waals surface area contributed by atoms with Crippen LogP contribution < -0.4 is 10.6 Å². The largest absolute Gasteiger partial charge is 0.394 e. The number of benzene rings is 1. The van der Waals surface area contributed by atoms with Gasteiger partial charge in [-0.3, -0.25) is 5.10 Å². The molecule has 1 heterocycles. The van der Waals surface area contributed by atoms with Crippen LogP contribution in [0.4, 0.5) is 10.5 Å². The fraction of sp³-hybridized carbons (Fsp3) is 0.357. The van der Waals surface area contributed by atoms with Gasteiger partial charge in [0, 0.05) is 11.3 Å². The molecular formula is C14H19N5O2. The zero-order chi connectivity index (χ0) is 15.5. The minimum atomic E-state index is -0.678. The molecule has 0 atom stereocenters. The Kier molecular flexibility index (Phi) is 4.23. The molecule has 112 valence electrons. The highest BCUT2D eigenvalue weighted by Gasteiger charge is 2.19. The lowest BCUT2D eigenvalue weighted by molar-refractivity contribution is 0.187. The van der Waals surface area contributed by atoms with Gasteiger partial charge in [-0.25, -0.2) is 9.78 Å². The van der Waals surface area contributed by atoms with Crippen LogP contribution >= 0.6 is 0 Å². The predicted molar refractivity (Wildman–Crippen MR) is 79.9 cm³/mol. The number of urea groups is 1. The monoisotopic (exact) mass is 289 g/mol. The van der Waals surface area contributed by atoms with E-state index in [4.69, 9.17) is 5.11 Å². The van der Waals surface area contributed by atoms with Crippen molar-refractivity contribution in [2.75, 3.05) is 11.9 Å². The number of aliphatic hydroxyl groups excluding tert-OH is 1. The zero-order valence-electron chi connectivity index (χ0n) is 12.3. The number of aromatic amines is 1. The first-order chi connectivity index (χ1) is 9.89. The van der Waals surface area contributed by atoms with Gasteiger partial charge >= 0.3 is 6.03 Å². The molecule has 0 aliphatic heterocycles. The van der Waals surface area contributed by atoms with Gasteiger partial charge in [-0.15, -0.1) is 0 Å². The minimum Gasteiger partial charge on any atom is -0.394 e. The van der Waals surface area contributed by atoms with Crippen LogP contribution in [-0.4, -0.2) is 38.5 Å². The van der Waals surface area contributed by atoms with E-state index in [2.05, 4.69) is 25.8 Å². The third-order valence-corrected chi connectivity index (χ3v) is 2.82. The Hall–Kier alpha value is -2.41. The average Bonchev–Trinajstić information content (AvgIpc) is 2.85. The molecule has 1 aromatic carbocycles. The Bertz CT molecular complexity index is 636. The van der Waals surface area contributed by atoms with Crippen LogP contribution in [0.3, 0.4) is 0 Å². The first-order valence-corrected chi connectivity index (χ1v) is 6.59. The van der Waals surface area contributed by atoms with Crippen LogP contribution in [0.2, 0.25) is 0 Å². The highest BCUT2D eigenvalue weighted by atomic mass is 16.3. The lowest BCUT2D eigenvalue weighted by Gasteiger charge is -2.23. The summed E-state index contributed by atoms with van der Waals surface area (Å²) < 4.78 is 0. The second kappa shape index (κ2) is 5.92. The third kappa shape index (κ3) is 4.03. The maximum Gasteiger partial charge on any atom is 0.319 e. The highest BCUT2D eigenvalue weighted by molar-refractivity contribution is 5.90. The molecule has 4 N–H and O–H groups in total. The number of amides is 2. The molecule has 2 rings (SSSR count). The van der Waals surface area contributed by atoms with E-state index in [9.17, 15) is 4.79 Å². The van der Waals surface area contributed by atoms with Gasteiger partial charge in [-0.05, 0) is 32.9 Å². The average molecular weight is 289 g/mol. The summed E-state index contributed by atoms with van der Waals surface area (Å²) in [6, 6.07) is 6.86. The van der Waals surface area contributed by atoms with Crippen molar-refractivity contribution in [2.45, 2.75) is 26.3 Å². The maximum absolute atomic E-state index is 11.9. The molecule has 7 heteroatoms. The molecule has 0 saturated heterocycles. The van der Waals surface area contributed by atoms with Crippen molar-refractivity contribution in [1.29, 1.82) is 0 Å². The number of H-pyrrole nitrogens is 1. The van der Waals surface area contributed by atoms with Crippen LogP contribution in [0.25, 0.3) is 11.4 Å². The van der Waals surface area contributed by atoms with Crippen LogP contribution in [0.15, 0.2) is 24.3 Å². The van der Waals surface area contributed by atoms with Gasteiger partial charge in [0.05, 0.1) is 12.1 Å². The van der Waals surface area contributed by atoms with E-state index in [0.717, 1.165) is 11.4 Å². The van der Waals surface area contributed by atoms with Gasteiger partial charge in [0.2, 0.25) is 0 Å². The molecule has 0 fully saturated rings. The first kappa shape index (κ1) is 15.0. The van der Waals surface area contributed by atoms with Crippen molar-refractivity contribution in [3.05, 3.63) is 30.1 Å². The van der Waals surface area contributed by atoms with E-state index in [-0.39, 0.29) is 12.6 Å². The summed E-state index contributed by atoms with van der Waals surface area (Å²) >= 11 is 0. The fourth-order valence-electron chi connectivity index (χ4n) is 1.72. The molecule has 21 heavy (non-hydrogen) atoms. The second-order valence-electron chi connectivity index (χ2n) is 5.45. The number of aromatic nitrogens is 3. The van der Waals surface area contributed by atoms with Crippen molar-refractivity contribution >= 4 is 11.7 Å². The predicted octanol–water partition coefficient (Wildman–Crippen LogP) is 1.67. The summed E-state index contributed by atoms with van der Waals surface area (Å²) in [7, 11) is 0. The molecule has 0 spiro atoms. The van der Waals surface area contributed by atoms with E-state index in [1.54, 1.807) is 26.0 Å².